The first-order chi connectivity index (χ1) is 8.59. The topological polar surface area (TPSA) is 78.7 Å². The van der Waals surface area contributed by atoms with Gasteiger partial charge in [-0.3, -0.25) is 14.0 Å². The zero-order valence-electron chi connectivity index (χ0n) is 10.8. The molecule has 0 bridgehead atoms. The molecule has 6 heteroatoms. The fourth-order valence-electron chi connectivity index (χ4n) is 1.97. The maximum absolute atomic E-state index is 12.1. The Morgan fingerprint density at radius 1 is 1.44 bits per heavy atom. The fraction of sp³-hybridized carbons (Fsp3) is 0.583. The number of nitrogens with zero attached hydrogens (tertiary/aromatic N) is 4. The third-order valence-corrected chi connectivity index (χ3v) is 3.03. The Balaban J connectivity index is 2.10. The molecule has 2 aromatic heterocycles. The molecule has 0 aromatic carbocycles. The minimum absolute atomic E-state index is 0.0195. The Bertz CT molecular complexity index is 584. The second kappa shape index (κ2) is 5.30. The van der Waals surface area contributed by atoms with E-state index in [1.54, 1.807) is 28.8 Å². The summed E-state index contributed by atoms with van der Waals surface area (Å²) in [5, 5.41) is 4.62. The minimum atomic E-state index is -0.0195. The molecule has 2 rings (SSSR count). The summed E-state index contributed by atoms with van der Waals surface area (Å²) in [6.07, 6.45) is 6.11. The van der Waals surface area contributed by atoms with Crippen LogP contribution in [-0.2, 0) is 13.6 Å². The van der Waals surface area contributed by atoms with Gasteiger partial charge in [-0.2, -0.15) is 5.10 Å². The highest BCUT2D eigenvalue weighted by atomic mass is 16.1. The van der Waals surface area contributed by atoms with E-state index in [0.717, 1.165) is 19.3 Å². The summed E-state index contributed by atoms with van der Waals surface area (Å²) in [5.41, 5.74) is 6.30. The van der Waals surface area contributed by atoms with E-state index in [-0.39, 0.29) is 11.6 Å². The van der Waals surface area contributed by atoms with Crippen LogP contribution in [0.3, 0.4) is 0 Å². The highest BCUT2D eigenvalue weighted by Crippen LogP contribution is 2.04. The van der Waals surface area contributed by atoms with E-state index in [4.69, 9.17) is 5.73 Å². The van der Waals surface area contributed by atoms with Crippen molar-refractivity contribution in [2.75, 3.05) is 0 Å². The number of fused-ring (bicyclic) bond motifs is 1. The lowest BCUT2D eigenvalue weighted by atomic mass is 10.1. The normalized spacial score (nSPS) is 13.1. The van der Waals surface area contributed by atoms with Crippen LogP contribution in [0.5, 0.6) is 0 Å². The summed E-state index contributed by atoms with van der Waals surface area (Å²) in [6.45, 7) is 2.68. The molecule has 0 aliphatic carbocycles. The van der Waals surface area contributed by atoms with Crippen LogP contribution >= 0.6 is 0 Å². The number of nitrogens with two attached hydrogens (primary N) is 1. The molecule has 0 aliphatic heterocycles. The van der Waals surface area contributed by atoms with Gasteiger partial charge in [-0.25, -0.2) is 4.98 Å². The van der Waals surface area contributed by atoms with Crippen LogP contribution in [0.15, 0.2) is 17.3 Å². The van der Waals surface area contributed by atoms with Gasteiger partial charge in [0.2, 0.25) is 0 Å². The van der Waals surface area contributed by atoms with Gasteiger partial charge in [0.25, 0.3) is 5.56 Å². The average molecular weight is 249 g/mol. The molecule has 18 heavy (non-hydrogen) atoms. The van der Waals surface area contributed by atoms with Crippen LogP contribution < -0.4 is 11.3 Å². The van der Waals surface area contributed by atoms with E-state index in [0.29, 0.717) is 17.6 Å². The Kier molecular flexibility index (Phi) is 3.76. The second-order valence-corrected chi connectivity index (χ2v) is 4.72. The van der Waals surface area contributed by atoms with Crippen molar-refractivity contribution in [1.82, 2.24) is 19.3 Å². The number of hydrogen-bond donors (Lipinski definition) is 1. The highest BCUT2D eigenvalue weighted by Gasteiger charge is 2.07. The SMILES string of the molecule is CC(N)CCCCn1cnc2c(cnn2C)c1=O. The summed E-state index contributed by atoms with van der Waals surface area (Å²) in [5.74, 6) is 0. The van der Waals surface area contributed by atoms with Crippen LogP contribution in [0.4, 0.5) is 0 Å². The molecule has 2 N–H and O–H groups in total. The monoisotopic (exact) mass is 249 g/mol. The van der Waals surface area contributed by atoms with E-state index in [9.17, 15) is 4.79 Å². The van der Waals surface area contributed by atoms with E-state index in [1.165, 1.54) is 0 Å². The molecular weight excluding hydrogens is 230 g/mol. The van der Waals surface area contributed by atoms with Crippen molar-refractivity contribution in [3.8, 4) is 0 Å². The Hall–Kier alpha value is -1.69. The number of hydrogen-bond acceptors (Lipinski definition) is 4. The molecule has 0 aliphatic rings. The summed E-state index contributed by atoms with van der Waals surface area (Å²) in [7, 11) is 1.78. The van der Waals surface area contributed by atoms with Crippen molar-refractivity contribution in [2.24, 2.45) is 12.8 Å². The van der Waals surface area contributed by atoms with Gasteiger partial charge >= 0.3 is 0 Å². The number of aromatic nitrogens is 4. The van der Waals surface area contributed by atoms with E-state index < -0.39 is 0 Å². The molecule has 1 unspecified atom stereocenters. The highest BCUT2D eigenvalue weighted by molar-refractivity contribution is 5.72. The molecule has 98 valence electrons. The molecule has 0 amide bonds. The molecule has 0 radical (unpaired) electrons. The maximum Gasteiger partial charge on any atom is 0.264 e. The van der Waals surface area contributed by atoms with Crippen molar-refractivity contribution >= 4 is 11.0 Å². The molecule has 2 aromatic rings. The van der Waals surface area contributed by atoms with Gasteiger partial charge in [-0.1, -0.05) is 6.42 Å². The van der Waals surface area contributed by atoms with Crippen LogP contribution in [0.25, 0.3) is 11.0 Å². The zero-order valence-corrected chi connectivity index (χ0v) is 10.8. The van der Waals surface area contributed by atoms with Gasteiger partial charge < -0.3 is 5.73 Å². The first-order valence-corrected chi connectivity index (χ1v) is 6.22. The lowest BCUT2D eigenvalue weighted by molar-refractivity contribution is 0.539. The minimum Gasteiger partial charge on any atom is -0.328 e. The number of unbranched alkanes of at least 4 members (excludes halogenated alkanes) is 1. The van der Waals surface area contributed by atoms with E-state index in [2.05, 4.69) is 10.1 Å². The Labute approximate surface area is 105 Å². The molecule has 0 saturated heterocycles. The molecule has 0 fully saturated rings. The van der Waals surface area contributed by atoms with Crippen molar-refractivity contribution in [3.05, 3.63) is 22.9 Å². The van der Waals surface area contributed by atoms with Gasteiger partial charge in [-0.15, -0.1) is 0 Å². The largest absolute Gasteiger partial charge is 0.328 e. The van der Waals surface area contributed by atoms with Gasteiger partial charge in [0, 0.05) is 19.6 Å². The number of rotatable bonds is 5. The van der Waals surface area contributed by atoms with Gasteiger partial charge in [-0.05, 0) is 19.8 Å². The van der Waals surface area contributed by atoms with Crippen molar-refractivity contribution in [2.45, 2.75) is 38.8 Å². The first-order valence-electron chi connectivity index (χ1n) is 6.22. The summed E-state index contributed by atoms with van der Waals surface area (Å²) < 4.78 is 3.25. The summed E-state index contributed by atoms with van der Waals surface area (Å²) in [4.78, 5) is 16.4. The van der Waals surface area contributed by atoms with Crippen LogP contribution in [0.2, 0.25) is 0 Å². The average Bonchev–Trinajstić information content (AvgIpc) is 2.70. The Morgan fingerprint density at radius 3 is 2.94 bits per heavy atom. The zero-order chi connectivity index (χ0) is 13.1. The summed E-state index contributed by atoms with van der Waals surface area (Å²) >= 11 is 0. The molecule has 0 saturated carbocycles. The smallest absolute Gasteiger partial charge is 0.264 e. The third kappa shape index (κ3) is 2.59. The first kappa shape index (κ1) is 12.8. The summed E-state index contributed by atoms with van der Waals surface area (Å²) in [6, 6.07) is 0.223. The van der Waals surface area contributed by atoms with Crippen molar-refractivity contribution in [3.63, 3.8) is 0 Å². The van der Waals surface area contributed by atoms with Crippen LogP contribution in [0, 0.1) is 0 Å². The predicted molar refractivity (Wildman–Crippen MR) is 70.3 cm³/mol. The van der Waals surface area contributed by atoms with Crippen molar-refractivity contribution in [1.29, 1.82) is 0 Å². The third-order valence-electron chi connectivity index (χ3n) is 3.03. The van der Waals surface area contributed by atoms with Gasteiger partial charge in [0.1, 0.15) is 5.39 Å². The van der Waals surface area contributed by atoms with Gasteiger partial charge in [0.05, 0.1) is 12.5 Å². The van der Waals surface area contributed by atoms with Gasteiger partial charge in [0.15, 0.2) is 5.65 Å². The van der Waals surface area contributed by atoms with E-state index in [1.807, 2.05) is 6.92 Å². The molecule has 2 heterocycles. The predicted octanol–water partition coefficient (Wildman–Crippen LogP) is 0.647. The molecular formula is C12H19N5O. The van der Waals surface area contributed by atoms with Crippen molar-refractivity contribution < 1.29 is 0 Å². The number of aryl methyl sites for hydroxylation is 2. The maximum atomic E-state index is 12.1. The lowest BCUT2D eigenvalue weighted by Crippen LogP contribution is -2.21. The van der Waals surface area contributed by atoms with Crippen LogP contribution in [0.1, 0.15) is 26.2 Å². The molecule has 6 nitrogen and oxygen atoms in total. The fourth-order valence-corrected chi connectivity index (χ4v) is 1.97. The Morgan fingerprint density at radius 2 is 2.22 bits per heavy atom. The van der Waals surface area contributed by atoms with E-state index >= 15 is 0 Å². The lowest BCUT2D eigenvalue weighted by Gasteiger charge is -2.06. The second-order valence-electron chi connectivity index (χ2n) is 4.72. The van der Waals surface area contributed by atoms with Crippen LogP contribution in [-0.4, -0.2) is 25.4 Å². The quantitative estimate of drug-likeness (QED) is 0.789. The standard InChI is InChI=1S/C12H19N5O/c1-9(13)5-3-4-6-17-8-14-11-10(12(17)18)7-15-16(11)2/h7-9H,3-6,13H2,1-2H3. The molecule has 0 spiro atoms. The molecule has 1 atom stereocenters.